The summed E-state index contributed by atoms with van der Waals surface area (Å²) < 4.78 is 17.8. The van der Waals surface area contributed by atoms with Crippen molar-refractivity contribution < 1.29 is 8.95 Å². The van der Waals surface area contributed by atoms with Gasteiger partial charge < -0.3 is 4.74 Å². The molecule has 0 radical (unpaired) electrons. The molecule has 1 aromatic carbocycles. The second-order valence-electron chi connectivity index (χ2n) is 7.21. The SMILES string of the molecule is C/C(=C\CS(=O)c1ccccc1)CC/C=C(\C)CCC1OC1(C)C. The van der Waals surface area contributed by atoms with Gasteiger partial charge in [-0.25, -0.2) is 0 Å². The van der Waals surface area contributed by atoms with Crippen LogP contribution < -0.4 is 0 Å². The van der Waals surface area contributed by atoms with Crippen LogP contribution in [-0.2, 0) is 15.5 Å². The Labute approximate surface area is 149 Å². The van der Waals surface area contributed by atoms with Crippen molar-refractivity contribution >= 4 is 10.8 Å². The van der Waals surface area contributed by atoms with Crippen LogP contribution in [0.3, 0.4) is 0 Å². The Morgan fingerprint density at radius 1 is 1.12 bits per heavy atom. The molecule has 1 aliphatic rings. The summed E-state index contributed by atoms with van der Waals surface area (Å²) in [5, 5.41) is 0. The van der Waals surface area contributed by atoms with Crippen molar-refractivity contribution in [3.05, 3.63) is 53.6 Å². The first-order valence-electron chi connectivity index (χ1n) is 8.81. The van der Waals surface area contributed by atoms with Crippen molar-refractivity contribution in [1.29, 1.82) is 0 Å². The minimum Gasteiger partial charge on any atom is -0.367 e. The molecule has 1 aliphatic heterocycles. The van der Waals surface area contributed by atoms with Gasteiger partial charge >= 0.3 is 0 Å². The molecule has 1 heterocycles. The van der Waals surface area contributed by atoms with Crippen LogP contribution in [0.4, 0.5) is 0 Å². The quantitative estimate of drug-likeness (QED) is 0.441. The molecule has 0 amide bonds. The van der Waals surface area contributed by atoms with Crippen LogP contribution >= 0.6 is 0 Å². The Kier molecular flexibility index (Phi) is 7.00. The highest BCUT2D eigenvalue weighted by atomic mass is 32.2. The third-order valence-corrected chi connectivity index (χ3v) is 5.85. The van der Waals surface area contributed by atoms with Crippen LogP contribution in [-0.4, -0.2) is 21.7 Å². The molecule has 2 atom stereocenters. The van der Waals surface area contributed by atoms with Gasteiger partial charge in [-0.05, 0) is 65.5 Å². The molecular weight excluding hydrogens is 316 g/mol. The highest BCUT2D eigenvalue weighted by molar-refractivity contribution is 7.85. The van der Waals surface area contributed by atoms with Crippen molar-refractivity contribution in [2.45, 2.75) is 70.0 Å². The standard InChI is InChI=1S/C21H30O2S/c1-17(13-14-20-21(3,4)23-20)9-8-10-18(2)15-16-24(22)19-11-6-5-7-12-19/h5-7,9,11-12,15,20H,8,10,13-14,16H2,1-4H3/b17-9+,18-15+. The van der Waals surface area contributed by atoms with Crippen molar-refractivity contribution in [2.75, 3.05) is 5.75 Å². The summed E-state index contributed by atoms with van der Waals surface area (Å²) in [6.45, 7) is 8.65. The Balaban J connectivity index is 1.67. The smallest absolute Gasteiger partial charge is 0.0892 e. The van der Waals surface area contributed by atoms with Gasteiger partial charge in [-0.1, -0.05) is 41.5 Å². The fourth-order valence-electron chi connectivity index (χ4n) is 2.73. The van der Waals surface area contributed by atoms with Gasteiger partial charge in [-0.15, -0.1) is 0 Å². The lowest BCUT2D eigenvalue weighted by molar-refractivity contribution is 0.320. The number of rotatable bonds is 9. The third-order valence-electron chi connectivity index (χ3n) is 4.59. The highest BCUT2D eigenvalue weighted by Crippen LogP contribution is 2.38. The van der Waals surface area contributed by atoms with Gasteiger partial charge in [0, 0.05) is 10.6 Å². The van der Waals surface area contributed by atoms with Gasteiger partial charge in [0.1, 0.15) is 0 Å². The summed E-state index contributed by atoms with van der Waals surface area (Å²) in [6.07, 6.45) is 9.23. The average molecular weight is 347 g/mol. The zero-order valence-electron chi connectivity index (χ0n) is 15.4. The first-order valence-corrected chi connectivity index (χ1v) is 10.1. The Bertz CT molecular complexity index is 614. The van der Waals surface area contributed by atoms with Crippen LogP contribution in [0.25, 0.3) is 0 Å². The second-order valence-corrected chi connectivity index (χ2v) is 8.71. The van der Waals surface area contributed by atoms with E-state index in [1.54, 1.807) is 0 Å². The number of ether oxygens (including phenoxy) is 1. The summed E-state index contributed by atoms with van der Waals surface area (Å²) in [6, 6.07) is 9.68. The maximum absolute atomic E-state index is 12.2. The summed E-state index contributed by atoms with van der Waals surface area (Å²) >= 11 is 0. The average Bonchev–Trinajstić information content (AvgIpc) is 3.18. The molecule has 0 spiro atoms. The lowest BCUT2D eigenvalue weighted by atomic mass is 10.0. The van der Waals surface area contributed by atoms with Crippen molar-refractivity contribution in [3.8, 4) is 0 Å². The van der Waals surface area contributed by atoms with E-state index >= 15 is 0 Å². The van der Waals surface area contributed by atoms with E-state index in [4.69, 9.17) is 4.74 Å². The predicted molar refractivity (Wildman–Crippen MR) is 103 cm³/mol. The fourth-order valence-corrected chi connectivity index (χ4v) is 3.82. The van der Waals surface area contributed by atoms with E-state index < -0.39 is 10.8 Å². The molecule has 132 valence electrons. The third kappa shape index (κ3) is 6.37. The minimum atomic E-state index is -0.933. The van der Waals surface area contributed by atoms with Crippen molar-refractivity contribution in [2.24, 2.45) is 0 Å². The number of allylic oxidation sites excluding steroid dienone is 3. The number of hydrogen-bond acceptors (Lipinski definition) is 2. The maximum atomic E-state index is 12.2. The van der Waals surface area contributed by atoms with Crippen LogP contribution in [0.1, 0.15) is 53.4 Å². The lowest BCUT2D eigenvalue weighted by Gasteiger charge is -2.03. The zero-order chi connectivity index (χ0) is 17.6. The molecule has 0 saturated carbocycles. The molecule has 3 heteroatoms. The van der Waals surface area contributed by atoms with E-state index in [0.29, 0.717) is 11.9 Å². The Hall–Kier alpha value is -1.19. The van der Waals surface area contributed by atoms with Crippen LogP contribution in [0.5, 0.6) is 0 Å². The predicted octanol–water partition coefficient (Wildman–Crippen LogP) is 5.42. The molecule has 2 rings (SSSR count). The molecule has 1 aromatic rings. The monoisotopic (exact) mass is 346 g/mol. The fraction of sp³-hybridized carbons (Fsp3) is 0.524. The van der Waals surface area contributed by atoms with E-state index in [0.717, 1.165) is 30.6 Å². The number of hydrogen-bond donors (Lipinski definition) is 0. The number of benzene rings is 1. The largest absolute Gasteiger partial charge is 0.367 e. The summed E-state index contributed by atoms with van der Waals surface area (Å²) in [7, 11) is -0.933. The van der Waals surface area contributed by atoms with Crippen molar-refractivity contribution in [1.82, 2.24) is 0 Å². The van der Waals surface area contributed by atoms with Gasteiger partial charge in [0.2, 0.25) is 0 Å². The topological polar surface area (TPSA) is 29.6 Å². The molecule has 2 unspecified atom stereocenters. The lowest BCUT2D eigenvalue weighted by Crippen LogP contribution is -2.02. The van der Waals surface area contributed by atoms with Crippen molar-refractivity contribution in [3.63, 3.8) is 0 Å². The molecule has 0 aromatic heterocycles. The molecular formula is C21H30O2S. The van der Waals surface area contributed by atoms with Crippen LogP contribution in [0, 0.1) is 0 Å². The summed E-state index contributed by atoms with van der Waals surface area (Å²) in [5.41, 5.74) is 2.87. The molecule has 0 aliphatic carbocycles. The maximum Gasteiger partial charge on any atom is 0.0892 e. The van der Waals surface area contributed by atoms with Gasteiger partial charge in [0.25, 0.3) is 0 Å². The second kappa shape index (κ2) is 8.77. The number of epoxide rings is 1. The highest BCUT2D eigenvalue weighted by Gasteiger charge is 2.46. The van der Waals surface area contributed by atoms with E-state index in [1.165, 1.54) is 11.1 Å². The minimum absolute atomic E-state index is 0.105. The Morgan fingerprint density at radius 3 is 2.38 bits per heavy atom. The zero-order valence-corrected chi connectivity index (χ0v) is 16.2. The Morgan fingerprint density at radius 2 is 1.75 bits per heavy atom. The first kappa shape index (κ1) is 19.1. The van der Waals surface area contributed by atoms with E-state index in [1.807, 2.05) is 30.3 Å². The molecule has 0 N–H and O–H groups in total. The molecule has 24 heavy (non-hydrogen) atoms. The summed E-state index contributed by atoms with van der Waals surface area (Å²) in [4.78, 5) is 0.905. The van der Waals surface area contributed by atoms with E-state index in [9.17, 15) is 4.21 Å². The molecule has 1 fully saturated rings. The molecule has 2 nitrogen and oxygen atoms in total. The van der Waals surface area contributed by atoms with Crippen LogP contribution in [0.15, 0.2) is 58.5 Å². The van der Waals surface area contributed by atoms with Crippen LogP contribution in [0.2, 0.25) is 0 Å². The van der Waals surface area contributed by atoms with Gasteiger partial charge in [-0.3, -0.25) is 4.21 Å². The van der Waals surface area contributed by atoms with Gasteiger partial charge in [0.05, 0.1) is 22.5 Å². The molecule has 1 saturated heterocycles. The van der Waals surface area contributed by atoms with E-state index in [-0.39, 0.29) is 5.60 Å². The normalized spacial score (nSPS) is 21.6. The van der Waals surface area contributed by atoms with Gasteiger partial charge in [0.15, 0.2) is 0 Å². The summed E-state index contributed by atoms with van der Waals surface area (Å²) in [5.74, 6) is 0.604. The van der Waals surface area contributed by atoms with Gasteiger partial charge in [-0.2, -0.15) is 0 Å². The molecule has 0 bridgehead atoms. The van der Waals surface area contributed by atoms with E-state index in [2.05, 4.69) is 39.8 Å². The first-order chi connectivity index (χ1) is 11.4.